The summed E-state index contributed by atoms with van der Waals surface area (Å²) >= 11 is 0. The van der Waals surface area contributed by atoms with Gasteiger partial charge in [-0.2, -0.15) is 0 Å². The van der Waals surface area contributed by atoms with Crippen molar-refractivity contribution in [1.29, 1.82) is 0 Å². The van der Waals surface area contributed by atoms with Crippen molar-refractivity contribution in [3.8, 4) is 5.75 Å². The van der Waals surface area contributed by atoms with Gasteiger partial charge in [-0.25, -0.2) is 13.8 Å². The molecule has 0 radical (unpaired) electrons. The summed E-state index contributed by atoms with van der Waals surface area (Å²) in [6.45, 7) is 1.77. The maximum Gasteiger partial charge on any atom is 0.293 e. The molecular formula is C17H19F2N3O2. The molecule has 2 aromatic rings. The lowest BCUT2D eigenvalue weighted by Crippen LogP contribution is -2.39. The number of ether oxygens (including phenoxy) is 1. The molecule has 1 aliphatic heterocycles. The van der Waals surface area contributed by atoms with Gasteiger partial charge in [-0.3, -0.25) is 4.79 Å². The summed E-state index contributed by atoms with van der Waals surface area (Å²) in [6, 6.07) is 3.30. The zero-order valence-electron chi connectivity index (χ0n) is 13.4. The molecule has 0 aliphatic carbocycles. The van der Waals surface area contributed by atoms with E-state index in [1.54, 1.807) is 19.4 Å². The Balaban J connectivity index is 1.55. The second-order valence-electron chi connectivity index (χ2n) is 5.98. The summed E-state index contributed by atoms with van der Waals surface area (Å²) in [5.41, 5.74) is -0.111. The number of aryl methyl sites for hydroxylation is 1. The minimum absolute atomic E-state index is 0.0671. The highest BCUT2D eigenvalue weighted by Gasteiger charge is 2.23. The van der Waals surface area contributed by atoms with Crippen molar-refractivity contribution >= 4 is 5.82 Å². The SMILES string of the molecule is Cn1ccnc(N2CCC(COc3ccc(F)cc3F)CC2)c1=O. The minimum atomic E-state index is -0.690. The van der Waals surface area contributed by atoms with Gasteiger partial charge in [-0.1, -0.05) is 0 Å². The molecule has 1 aliphatic rings. The summed E-state index contributed by atoms with van der Waals surface area (Å²) in [4.78, 5) is 18.2. The molecule has 0 saturated carbocycles. The highest BCUT2D eigenvalue weighted by molar-refractivity contribution is 5.36. The fraction of sp³-hybridized carbons (Fsp3) is 0.412. The Kier molecular flexibility index (Phi) is 4.78. The lowest BCUT2D eigenvalue weighted by atomic mass is 9.98. The van der Waals surface area contributed by atoms with E-state index in [9.17, 15) is 13.6 Å². The van der Waals surface area contributed by atoms with E-state index in [1.165, 1.54) is 16.7 Å². The van der Waals surface area contributed by atoms with E-state index in [0.717, 1.165) is 18.9 Å². The van der Waals surface area contributed by atoms with Crippen molar-refractivity contribution in [3.05, 3.63) is 52.6 Å². The number of anilines is 1. The van der Waals surface area contributed by atoms with Crippen LogP contribution in [0.5, 0.6) is 5.75 Å². The summed E-state index contributed by atoms with van der Waals surface area (Å²) in [5, 5.41) is 0. The van der Waals surface area contributed by atoms with E-state index >= 15 is 0 Å². The second-order valence-corrected chi connectivity index (χ2v) is 5.98. The molecule has 1 saturated heterocycles. The predicted molar refractivity (Wildman–Crippen MR) is 86.3 cm³/mol. The molecule has 2 heterocycles. The fourth-order valence-electron chi connectivity index (χ4n) is 2.81. The van der Waals surface area contributed by atoms with Gasteiger partial charge in [-0.15, -0.1) is 0 Å². The lowest BCUT2D eigenvalue weighted by molar-refractivity contribution is 0.214. The number of nitrogens with zero attached hydrogens (tertiary/aromatic N) is 3. The minimum Gasteiger partial charge on any atom is -0.490 e. The van der Waals surface area contributed by atoms with Gasteiger partial charge in [0.25, 0.3) is 5.56 Å². The molecule has 128 valence electrons. The lowest BCUT2D eigenvalue weighted by Gasteiger charge is -2.32. The van der Waals surface area contributed by atoms with E-state index in [4.69, 9.17) is 4.74 Å². The number of benzene rings is 1. The van der Waals surface area contributed by atoms with Gasteiger partial charge in [0, 0.05) is 38.6 Å². The van der Waals surface area contributed by atoms with E-state index in [-0.39, 0.29) is 17.2 Å². The van der Waals surface area contributed by atoms with E-state index in [1.807, 2.05) is 4.90 Å². The smallest absolute Gasteiger partial charge is 0.293 e. The first-order chi connectivity index (χ1) is 11.5. The Morgan fingerprint density at radius 2 is 2.04 bits per heavy atom. The summed E-state index contributed by atoms with van der Waals surface area (Å²) < 4.78 is 33.4. The fourth-order valence-corrected chi connectivity index (χ4v) is 2.81. The number of piperidine rings is 1. The largest absolute Gasteiger partial charge is 0.490 e. The third-order valence-electron chi connectivity index (χ3n) is 4.28. The summed E-state index contributed by atoms with van der Waals surface area (Å²) in [5.74, 6) is -0.519. The van der Waals surface area contributed by atoms with Crippen molar-refractivity contribution in [2.75, 3.05) is 24.6 Å². The van der Waals surface area contributed by atoms with Crippen molar-refractivity contribution in [3.63, 3.8) is 0 Å². The Morgan fingerprint density at radius 3 is 2.75 bits per heavy atom. The van der Waals surface area contributed by atoms with Crippen LogP contribution in [0.4, 0.5) is 14.6 Å². The maximum atomic E-state index is 13.6. The van der Waals surface area contributed by atoms with Crippen molar-refractivity contribution in [1.82, 2.24) is 9.55 Å². The van der Waals surface area contributed by atoms with Gasteiger partial charge >= 0.3 is 0 Å². The first-order valence-corrected chi connectivity index (χ1v) is 7.89. The molecule has 1 aromatic heterocycles. The molecule has 0 amide bonds. The molecular weight excluding hydrogens is 316 g/mol. The van der Waals surface area contributed by atoms with Crippen molar-refractivity contribution < 1.29 is 13.5 Å². The van der Waals surface area contributed by atoms with Gasteiger partial charge in [0.05, 0.1) is 6.61 Å². The van der Waals surface area contributed by atoms with Crippen molar-refractivity contribution in [2.45, 2.75) is 12.8 Å². The number of hydrogen-bond acceptors (Lipinski definition) is 4. The van der Waals surface area contributed by atoms with Crippen LogP contribution in [0.2, 0.25) is 0 Å². The number of halogens is 2. The molecule has 1 aromatic carbocycles. The van der Waals surface area contributed by atoms with Gasteiger partial charge < -0.3 is 14.2 Å². The monoisotopic (exact) mass is 335 g/mol. The molecule has 3 rings (SSSR count). The molecule has 5 nitrogen and oxygen atoms in total. The number of hydrogen-bond donors (Lipinski definition) is 0. The van der Waals surface area contributed by atoms with Crippen LogP contribution in [0.3, 0.4) is 0 Å². The molecule has 7 heteroatoms. The highest BCUT2D eigenvalue weighted by atomic mass is 19.1. The molecule has 0 unspecified atom stereocenters. The third-order valence-corrected chi connectivity index (χ3v) is 4.28. The third kappa shape index (κ3) is 3.55. The van der Waals surface area contributed by atoms with E-state index in [2.05, 4.69) is 4.98 Å². The molecule has 0 N–H and O–H groups in total. The summed E-state index contributed by atoms with van der Waals surface area (Å²) in [6.07, 6.45) is 4.89. The number of rotatable bonds is 4. The quantitative estimate of drug-likeness (QED) is 0.861. The van der Waals surface area contributed by atoms with Crippen LogP contribution in [-0.4, -0.2) is 29.2 Å². The van der Waals surface area contributed by atoms with Crippen LogP contribution in [0.1, 0.15) is 12.8 Å². The van der Waals surface area contributed by atoms with Crippen LogP contribution >= 0.6 is 0 Å². The average Bonchev–Trinajstić information content (AvgIpc) is 2.57. The first-order valence-electron chi connectivity index (χ1n) is 7.89. The Bertz CT molecular complexity index is 771. The zero-order valence-corrected chi connectivity index (χ0v) is 13.4. The molecule has 1 fully saturated rings. The highest BCUT2D eigenvalue weighted by Crippen LogP contribution is 2.23. The Labute approximate surface area is 138 Å². The Morgan fingerprint density at radius 1 is 1.29 bits per heavy atom. The molecule has 0 bridgehead atoms. The van der Waals surface area contributed by atoms with Gasteiger partial charge in [0.15, 0.2) is 17.4 Å². The zero-order chi connectivity index (χ0) is 17.1. The van der Waals surface area contributed by atoms with Crippen LogP contribution in [-0.2, 0) is 7.05 Å². The maximum absolute atomic E-state index is 13.6. The van der Waals surface area contributed by atoms with Crippen LogP contribution in [0.15, 0.2) is 35.4 Å². The van der Waals surface area contributed by atoms with Gasteiger partial charge in [0.1, 0.15) is 5.82 Å². The molecule has 0 spiro atoms. The predicted octanol–water partition coefficient (Wildman–Crippen LogP) is 2.35. The second kappa shape index (κ2) is 6.98. The van der Waals surface area contributed by atoms with E-state index < -0.39 is 11.6 Å². The molecule has 0 atom stereocenters. The van der Waals surface area contributed by atoms with Crippen molar-refractivity contribution in [2.24, 2.45) is 13.0 Å². The normalized spacial score (nSPS) is 15.5. The topological polar surface area (TPSA) is 47.4 Å². The standard InChI is InChI=1S/C17H19F2N3O2/c1-21-9-6-20-16(17(21)23)22-7-4-12(5-8-22)11-24-15-3-2-13(18)10-14(15)19/h2-3,6,9-10,12H,4-5,7-8,11H2,1H3. The van der Waals surface area contributed by atoms with Crippen LogP contribution in [0, 0.1) is 17.6 Å². The van der Waals surface area contributed by atoms with Crippen LogP contribution in [0.25, 0.3) is 0 Å². The van der Waals surface area contributed by atoms with Gasteiger partial charge in [-0.05, 0) is 30.9 Å². The summed E-state index contributed by atoms with van der Waals surface area (Å²) in [7, 11) is 1.70. The molecule has 24 heavy (non-hydrogen) atoms. The van der Waals surface area contributed by atoms with Crippen LogP contribution < -0.4 is 15.2 Å². The van der Waals surface area contributed by atoms with E-state index in [0.29, 0.717) is 25.5 Å². The number of aromatic nitrogens is 2. The first kappa shape index (κ1) is 16.4. The average molecular weight is 335 g/mol. The Hall–Kier alpha value is -2.44. The van der Waals surface area contributed by atoms with Gasteiger partial charge in [0.2, 0.25) is 0 Å².